The van der Waals surface area contributed by atoms with Gasteiger partial charge in [-0.2, -0.15) is 13.2 Å². The Labute approximate surface area is 130 Å². The van der Waals surface area contributed by atoms with Gasteiger partial charge in [0.2, 0.25) is 0 Å². The SMILES string of the molecule is Oc1cc(Br)ccc1[C@H](CCC(F)(F)F)N1CCNCC1. The Balaban J connectivity index is 2.21. The maximum Gasteiger partial charge on any atom is 0.389 e. The summed E-state index contributed by atoms with van der Waals surface area (Å²) in [5.41, 5.74) is 0.560. The zero-order valence-corrected chi connectivity index (χ0v) is 13.0. The van der Waals surface area contributed by atoms with Crippen molar-refractivity contribution in [2.75, 3.05) is 26.2 Å². The highest BCUT2D eigenvalue weighted by molar-refractivity contribution is 9.10. The topological polar surface area (TPSA) is 35.5 Å². The van der Waals surface area contributed by atoms with Crippen LogP contribution in [0.15, 0.2) is 22.7 Å². The van der Waals surface area contributed by atoms with Crippen molar-refractivity contribution in [3.8, 4) is 5.75 Å². The van der Waals surface area contributed by atoms with Crippen LogP contribution in [0.25, 0.3) is 0 Å². The molecule has 1 heterocycles. The normalized spacial score (nSPS) is 18.7. The number of rotatable bonds is 4. The van der Waals surface area contributed by atoms with Gasteiger partial charge in [0.1, 0.15) is 5.75 Å². The van der Waals surface area contributed by atoms with Crippen molar-refractivity contribution in [3.05, 3.63) is 28.2 Å². The van der Waals surface area contributed by atoms with E-state index in [0.29, 0.717) is 23.1 Å². The molecule has 3 nitrogen and oxygen atoms in total. The lowest BCUT2D eigenvalue weighted by Gasteiger charge is -2.35. The Hall–Kier alpha value is -0.790. The number of hydrogen-bond acceptors (Lipinski definition) is 3. The number of nitrogens with zero attached hydrogens (tertiary/aromatic N) is 1. The third-order valence-electron chi connectivity index (χ3n) is 3.65. The first-order valence-electron chi connectivity index (χ1n) is 6.87. The van der Waals surface area contributed by atoms with E-state index in [9.17, 15) is 18.3 Å². The second kappa shape index (κ2) is 6.98. The third kappa shape index (κ3) is 4.86. The number of phenols is 1. The molecule has 7 heteroatoms. The number of alkyl halides is 3. The average Bonchev–Trinajstić information content (AvgIpc) is 2.41. The summed E-state index contributed by atoms with van der Waals surface area (Å²) in [6.45, 7) is 2.86. The van der Waals surface area contributed by atoms with Gasteiger partial charge in [0.15, 0.2) is 0 Å². The zero-order chi connectivity index (χ0) is 15.5. The second-order valence-electron chi connectivity index (χ2n) is 5.16. The molecule has 2 rings (SSSR count). The molecule has 1 fully saturated rings. The molecule has 1 aromatic carbocycles. The summed E-state index contributed by atoms with van der Waals surface area (Å²) in [5, 5.41) is 13.3. The summed E-state index contributed by atoms with van der Waals surface area (Å²) in [4.78, 5) is 2.01. The highest BCUT2D eigenvalue weighted by Crippen LogP contribution is 2.36. The van der Waals surface area contributed by atoms with Gasteiger partial charge in [-0.25, -0.2) is 0 Å². The molecule has 118 valence electrons. The van der Waals surface area contributed by atoms with Crippen LogP contribution >= 0.6 is 15.9 Å². The van der Waals surface area contributed by atoms with E-state index in [4.69, 9.17) is 0 Å². The largest absolute Gasteiger partial charge is 0.508 e. The molecule has 2 N–H and O–H groups in total. The number of hydrogen-bond donors (Lipinski definition) is 2. The first-order chi connectivity index (χ1) is 9.87. The first kappa shape index (κ1) is 16.6. The van der Waals surface area contributed by atoms with Gasteiger partial charge in [0.25, 0.3) is 0 Å². The molecule has 0 saturated carbocycles. The molecule has 0 unspecified atom stereocenters. The molecule has 0 spiro atoms. The minimum absolute atomic E-state index is 0.0371. The van der Waals surface area contributed by atoms with Gasteiger partial charge in [-0.05, 0) is 18.6 Å². The summed E-state index contributed by atoms with van der Waals surface area (Å²) in [5.74, 6) is 0.0371. The second-order valence-corrected chi connectivity index (χ2v) is 6.07. The van der Waals surface area contributed by atoms with Crippen LogP contribution in [-0.2, 0) is 0 Å². The highest BCUT2D eigenvalue weighted by atomic mass is 79.9. The summed E-state index contributed by atoms with van der Waals surface area (Å²) >= 11 is 3.25. The molecule has 0 radical (unpaired) electrons. The van der Waals surface area contributed by atoms with Crippen molar-refractivity contribution in [2.45, 2.75) is 25.1 Å². The number of nitrogens with one attached hydrogen (secondary N) is 1. The van der Waals surface area contributed by atoms with Gasteiger partial charge in [-0.3, -0.25) is 4.90 Å². The van der Waals surface area contributed by atoms with Crippen molar-refractivity contribution >= 4 is 15.9 Å². The van der Waals surface area contributed by atoms with Crippen LogP contribution < -0.4 is 5.32 Å². The maximum absolute atomic E-state index is 12.6. The van der Waals surface area contributed by atoms with E-state index in [-0.39, 0.29) is 12.2 Å². The van der Waals surface area contributed by atoms with E-state index in [1.165, 1.54) is 6.07 Å². The van der Waals surface area contributed by atoms with Gasteiger partial charge >= 0.3 is 6.18 Å². The van der Waals surface area contributed by atoms with E-state index >= 15 is 0 Å². The number of aromatic hydroxyl groups is 1. The zero-order valence-electron chi connectivity index (χ0n) is 11.5. The highest BCUT2D eigenvalue weighted by Gasteiger charge is 2.32. The van der Waals surface area contributed by atoms with Crippen LogP contribution in [0.2, 0.25) is 0 Å². The Kier molecular flexibility index (Phi) is 5.51. The van der Waals surface area contributed by atoms with E-state index in [1.54, 1.807) is 12.1 Å². The molecular formula is C14H18BrF3N2O. The number of halogens is 4. The van der Waals surface area contributed by atoms with Crippen molar-refractivity contribution in [2.24, 2.45) is 0 Å². The maximum atomic E-state index is 12.6. The molecule has 0 amide bonds. The van der Waals surface area contributed by atoms with Crippen molar-refractivity contribution in [1.29, 1.82) is 0 Å². The van der Waals surface area contributed by atoms with Crippen LogP contribution in [-0.4, -0.2) is 42.4 Å². The van der Waals surface area contributed by atoms with Gasteiger partial charge in [0, 0.05) is 48.7 Å². The van der Waals surface area contributed by atoms with Gasteiger partial charge in [0.05, 0.1) is 0 Å². The number of piperazine rings is 1. The molecule has 1 aliphatic rings. The molecule has 1 aliphatic heterocycles. The standard InChI is InChI=1S/C14H18BrF3N2O/c15-10-1-2-11(13(21)9-10)12(3-4-14(16,17)18)20-7-5-19-6-8-20/h1-2,9,12,19,21H,3-8H2/t12-/m0/s1. The fourth-order valence-electron chi connectivity index (χ4n) is 2.63. The van der Waals surface area contributed by atoms with Gasteiger partial charge in [-0.15, -0.1) is 0 Å². The minimum atomic E-state index is -4.18. The molecular weight excluding hydrogens is 349 g/mol. The van der Waals surface area contributed by atoms with Crippen LogP contribution in [0, 0.1) is 0 Å². The Morgan fingerprint density at radius 1 is 1.29 bits per heavy atom. The molecule has 0 aliphatic carbocycles. The Bertz CT molecular complexity index is 476. The van der Waals surface area contributed by atoms with E-state index in [0.717, 1.165) is 13.1 Å². The van der Waals surface area contributed by atoms with Gasteiger partial charge < -0.3 is 10.4 Å². The Morgan fingerprint density at radius 2 is 1.95 bits per heavy atom. The number of phenolic OH excluding ortho intramolecular Hbond substituents is 1. The lowest BCUT2D eigenvalue weighted by molar-refractivity contribution is -0.138. The van der Waals surface area contributed by atoms with Crippen LogP contribution in [0.5, 0.6) is 5.75 Å². The third-order valence-corrected chi connectivity index (χ3v) is 4.14. The van der Waals surface area contributed by atoms with Crippen molar-refractivity contribution in [3.63, 3.8) is 0 Å². The first-order valence-corrected chi connectivity index (χ1v) is 7.66. The fourth-order valence-corrected chi connectivity index (χ4v) is 2.98. The molecule has 1 aromatic rings. The van der Waals surface area contributed by atoms with Crippen molar-refractivity contribution < 1.29 is 18.3 Å². The lowest BCUT2D eigenvalue weighted by Crippen LogP contribution is -2.45. The molecule has 0 bridgehead atoms. The number of benzene rings is 1. The van der Waals surface area contributed by atoms with Crippen molar-refractivity contribution in [1.82, 2.24) is 10.2 Å². The lowest BCUT2D eigenvalue weighted by atomic mass is 9.98. The van der Waals surface area contributed by atoms with Crippen LogP contribution in [0.3, 0.4) is 0 Å². The molecule has 0 aromatic heterocycles. The molecule has 1 saturated heterocycles. The predicted octanol–water partition coefficient (Wildman–Crippen LogP) is 3.44. The Morgan fingerprint density at radius 3 is 2.52 bits per heavy atom. The summed E-state index contributed by atoms with van der Waals surface area (Å²) < 4.78 is 38.4. The fraction of sp³-hybridized carbons (Fsp3) is 0.571. The summed E-state index contributed by atoms with van der Waals surface area (Å²) in [6, 6.07) is 4.56. The van der Waals surface area contributed by atoms with Gasteiger partial charge in [-0.1, -0.05) is 22.0 Å². The van der Waals surface area contributed by atoms with E-state index < -0.39 is 18.6 Å². The summed E-state index contributed by atoms with van der Waals surface area (Å²) in [6.07, 6.45) is -5.08. The van der Waals surface area contributed by atoms with E-state index in [1.807, 2.05) is 4.90 Å². The quantitative estimate of drug-likeness (QED) is 0.856. The smallest absolute Gasteiger partial charge is 0.389 e. The van der Waals surface area contributed by atoms with Crippen LogP contribution in [0.4, 0.5) is 13.2 Å². The average molecular weight is 367 g/mol. The monoisotopic (exact) mass is 366 g/mol. The predicted molar refractivity (Wildman–Crippen MR) is 78.3 cm³/mol. The van der Waals surface area contributed by atoms with E-state index in [2.05, 4.69) is 21.2 Å². The molecule has 21 heavy (non-hydrogen) atoms. The summed E-state index contributed by atoms with van der Waals surface area (Å²) in [7, 11) is 0. The minimum Gasteiger partial charge on any atom is -0.508 e. The van der Waals surface area contributed by atoms with Crippen LogP contribution in [0.1, 0.15) is 24.4 Å². The molecule has 1 atom stereocenters.